The highest BCUT2D eigenvalue weighted by atomic mass is 19.4. The first-order valence-electron chi connectivity index (χ1n) is 5.02. The van der Waals surface area contributed by atoms with E-state index in [2.05, 4.69) is 15.4 Å². The van der Waals surface area contributed by atoms with Crippen molar-refractivity contribution in [3.63, 3.8) is 0 Å². The average Bonchev–Trinajstić information content (AvgIpc) is 2.15. The number of carbonyl (C=O) groups is 1. The molecule has 0 saturated carbocycles. The van der Waals surface area contributed by atoms with E-state index in [0.29, 0.717) is 6.54 Å². The number of hydrogen-bond donors (Lipinski definition) is 2. The number of ether oxygens (including phenoxy) is 1. The number of halogens is 3. The van der Waals surface area contributed by atoms with Gasteiger partial charge in [-0.25, -0.2) is 0 Å². The molecule has 0 aromatic heterocycles. The van der Waals surface area contributed by atoms with Crippen LogP contribution in [-0.2, 0) is 9.53 Å². The Kier molecular flexibility index (Phi) is 7.07. The van der Waals surface area contributed by atoms with E-state index in [1.807, 2.05) is 0 Å². The van der Waals surface area contributed by atoms with E-state index in [-0.39, 0.29) is 19.1 Å². The van der Waals surface area contributed by atoms with Gasteiger partial charge in [0.2, 0.25) is 5.91 Å². The lowest BCUT2D eigenvalue weighted by molar-refractivity contribution is -0.173. The van der Waals surface area contributed by atoms with Crippen molar-refractivity contribution in [2.75, 3.05) is 26.3 Å². The molecule has 4 nitrogen and oxygen atoms in total. The fraction of sp³-hybridized carbons (Fsp3) is 0.889. The molecular formula is C9H17F3N2O2. The third-order valence-corrected chi connectivity index (χ3v) is 1.71. The van der Waals surface area contributed by atoms with Crippen molar-refractivity contribution >= 4 is 5.91 Å². The second-order valence-corrected chi connectivity index (χ2v) is 3.24. The van der Waals surface area contributed by atoms with Crippen LogP contribution >= 0.6 is 0 Å². The first-order chi connectivity index (χ1) is 7.37. The highest BCUT2D eigenvalue weighted by molar-refractivity contribution is 5.81. The van der Waals surface area contributed by atoms with Crippen molar-refractivity contribution in [3.8, 4) is 0 Å². The number of amides is 1. The maximum absolute atomic E-state index is 11.7. The van der Waals surface area contributed by atoms with Crippen LogP contribution in [0.1, 0.15) is 13.8 Å². The van der Waals surface area contributed by atoms with Crippen LogP contribution < -0.4 is 10.6 Å². The van der Waals surface area contributed by atoms with Gasteiger partial charge in [0.15, 0.2) is 0 Å². The van der Waals surface area contributed by atoms with Crippen molar-refractivity contribution in [2.24, 2.45) is 0 Å². The zero-order valence-electron chi connectivity index (χ0n) is 9.36. The van der Waals surface area contributed by atoms with Crippen LogP contribution in [0.25, 0.3) is 0 Å². The van der Waals surface area contributed by atoms with E-state index >= 15 is 0 Å². The topological polar surface area (TPSA) is 50.4 Å². The summed E-state index contributed by atoms with van der Waals surface area (Å²) in [5.41, 5.74) is 0. The monoisotopic (exact) mass is 242 g/mol. The molecule has 2 N–H and O–H groups in total. The van der Waals surface area contributed by atoms with Gasteiger partial charge in [-0.15, -0.1) is 0 Å². The predicted molar refractivity (Wildman–Crippen MR) is 53.0 cm³/mol. The van der Waals surface area contributed by atoms with Gasteiger partial charge in [0.05, 0.1) is 12.6 Å². The Labute approximate surface area is 92.5 Å². The Morgan fingerprint density at radius 1 is 1.44 bits per heavy atom. The van der Waals surface area contributed by atoms with Crippen LogP contribution in [0.15, 0.2) is 0 Å². The summed E-state index contributed by atoms with van der Waals surface area (Å²) >= 11 is 0. The Bertz CT molecular complexity index is 209. The molecule has 0 aliphatic rings. The minimum Gasteiger partial charge on any atom is -0.371 e. The van der Waals surface area contributed by atoms with Gasteiger partial charge in [-0.3, -0.25) is 4.79 Å². The van der Waals surface area contributed by atoms with Crippen LogP contribution in [0.2, 0.25) is 0 Å². The number of alkyl halides is 3. The molecule has 0 aliphatic heterocycles. The van der Waals surface area contributed by atoms with E-state index < -0.39 is 18.8 Å². The fourth-order valence-corrected chi connectivity index (χ4v) is 0.956. The number of hydrogen-bond acceptors (Lipinski definition) is 3. The molecule has 7 heteroatoms. The first-order valence-corrected chi connectivity index (χ1v) is 5.02. The molecule has 0 aromatic rings. The van der Waals surface area contributed by atoms with Gasteiger partial charge < -0.3 is 15.4 Å². The summed E-state index contributed by atoms with van der Waals surface area (Å²) in [5.74, 6) is -0.182. The smallest absolute Gasteiger partial charge is 0.371 e. The SMILES string of the molecule is CCNC(=O)C(C)NCCOCC(F)(F)F. The normalized spacial score (nSPS) is 13.6. The molecule has 1 amide bonds. The minimum atomic E-state index is -4.30. The summed E-state index contributed by atoms with van der Waals surface area (Å²) in [4.78, 5) is 11.2. The number of likely N-dealkylation sites (N-methyl/N-ethyl adjacent to an activating group) is 1. The molecule has 0 aliphatic carbocycles. The molecule has 0 fully saturated rings. The Morgan fingerprint density at radius 2 is 2.06 bits per heavy atom. The first kappa shape index (κ1) is 15.2. The van der Waals surface area contributed by atoms with Gasteiger partial charge in [0.25, 0.3) is 0 Å². The Morgan fingerprint density at radius 3 is 2.56 bits per heavy atom. The predicted octanol–water partition coefficient (Wildman–Crippen LogP) is 0.679. The van der Waals surface area contributed by atoms with E-state index in [0.717, 1.165) is 0 Å². The molecule has 0 rings (SSSR count). The van der Waals surface area contributed by atoms with Crippen molar-refractivity contribution in [3.05, 3.63) is 0 Å². The van der Waals surface area contributed by atoms with Crippen LogP contribution in [0, 0.1) is 0 Å². The van der Waals surface area contributed by atoms with Crippen LogP contribution in [0.5, 0.6) is 0 Å². The van der Waals surface area contributed by atoms with Gasteiger partial charge >= 0.3 is 6.18 Å². The lowest BCUT2D eigenvalue weighted by atomic mass is 10.3. The van der Waals surface area contributed by atoms with Gasteiger partial charge in [-0.2, -0.15) is 13.2 Å². The van der Waals surface area contributed by atoms with E-state index in [1.54, 1.807) is 13.8 Å². The fourth-order valence-electron chi connectivity index (χ4n) is 0.956. The van der Waals surface area contributed by atoms with Crippen molar-refractivity contribution in [1.82, 2.24) is 10.6 Å². The molecule has 0 saturated heterocycles. The standard InChI is InChI=1S/C9H17F3N2O2/c1-3-13-8(15)7(2)14-4-5-16-6-9(10,11)12/h7,14H,3-6H2,1-2H3,(H,13,15). The summed E-state index contributed by atoms with van der Waals surface area (Å²) in [7, 11) is 0. The van der Waals surface area contributed by atoms with Gasteiger partial charge in [-0.1, -0.05) is 0 Å². The van der Waals surface area contributed by atoms with Gasteiger partial charge in [0.1, 0.15) is 6.61 Å². The molecule has 1 unspecified atom stereocenters. The Balaban J connectivity index is 3.48. The lowest BCUT2D eigenvalue weighted by Gasteiger charge is -2.13. The zero-order valence-corrected chi connectivity index (χ0v) is 9.36. The number of rotatable bonds is 7. The summed E-state index contributed by atoms with van der Waals surface area (Å²) in [6.07, 6.45) is -4.30. The molecule has 96 valence electrons. The molecule has 16 heavy (non-hydrogen) atoms. The second kappa shape index (κ2) is 7.45. The third-order valence-electron chi connectivity index (χ3n) is 1.71. The maximum atomic E-state index is 11.7. The van der Waals surface area contributed by atoms with Gasteiger partial charge in [-0.05, 0) is 13.8 Å². The molecule has 0 spiro atoms. The quantitative estimate of drug-likeness (QED) is 0.645. The molecule has 0 heterocycles. The van der Waals surface area contributed by atoms with Crippen molar-refractivity contribution in [2.45, 2.75) is 26.1 Å². The minimum absolute atomic E-state index is 0.0801. The molecule has 0 radical (unpaired) electrons. The third kappa shape index (κ3) is 8.49. The summed E-state index contributed by atoms with van der Waals surface area (Å²) in [6.45, 7) is 2.81. The van der Waals surface area contributed by atoms with Crippen LogP contribution in [0.4, 0.5) is 13.2 Å². The van der Waals surface area contributed by atoms with Crippen LogP contribution in [-0.4, -0.2) is 44.4 Å². The van der Waals surface area contributed by atoms with Crippen molar-refractivity contribution in [1.29, 1.82) is 0 Å². The molecule has 0 aromatic carbocycles. The maximum Gasteiger partial charge on any atom is 0.411 e. The summed E-state index contributed by atoms with van der Waals surface area (Å²) < 4.78 is 39.4. The van der Waals surface area contributed by atoms with E-state index in [4.69, 9.17) is 0 Å². The second-order valence-electron chi connectivity index (χ2n) is 3.24. The number of nitrogens with one attached hydrogen (secondary N) is 2. The summed E-state index contributed by atoms with van der Waals surface area (Å²) in [6, 6.07) is -0.436. The van der Waals surface area contributed by atoms with Gasteiger partial charge in [0, 0.05) is 13.1 Å². The van der Waals surface area contributed by atoms with E-state index in [9.17, 15) is 18.0 Å². The lowest BCUT2D eigenvalue weighted by Crippen LogP contribution is -2.43. The molecular weight excluding hydrogens is 225 g/mol. The molecule has 0 bridgehead atoms. The highest BCUT2D eigenvalue weighted by Crippen LogP contribution is 2.13. The Hall–Kier alpha value is -0.820. The zero-order chi connectivity index (χ0) is 12.6. The van der Waals surface area contributed by atoms with Crippen LogP contribution in [0.3, 0.4) is 0 Å². The summed E-state index contributed by atoms with van der Waals surface area (Å²) in [5, 5.41) is 5.34. The largest absolute Gasteiger partial charge is 0.411 e. The van der Waals surface area contributed by atoms with Crippen molar-refractivity contribution < 1.29 is 22.7 Å². The molecule has 1 atom stereocenters. The average molecular weight is 242 g/mol. The number of carbonyl (C=O) groups excluding carboxylic acids is 1. The van der Waals surface area contributed by atoms with E-state index in [1.165, 1.54) is 0 Å². The highest BCUT2D eigenvalue weighted by Gasteiger charge is 2.27.